The summed E-state index contributed by atoms with van der Waals surface area (Å²) in [5, 5.41) is 10.5. The second-order valence-corrected chi connectivity index (χ2v) is 4.98. The van der Waals surface area contributed by atoms with Crippen molar-refractivity contribution in [2.45, 2.75) is 17.9 Å². The third-order valence-electron chi connectivity index (χ3n) is 3.76. The SMILES string of the molecule is OC1C=CC=CC1(Cc1ccccc1)c1ccc[nH]1. The third kappa shape index (κ3) is 2.15. The van der Waals surface area contributed by atoms with Crippen molar-refractivity contribution in [3.8, 4) is 0 Å². The highest BCUT2D eigenvalue weighted by Crippen LogP contribution is 2.35. The minimum absolute atomic E-state index is 0.403. The van der Waals surface area contributed by atoms with E-state index in [-0.39, 0.29) is 0 Å². The quantitative estimate of drug-likeness (QED) is 0.864. The first-order chi connectivity index (χ1) is 9.31. The van der Waals surface area contributed by atoms with E-state index in [2.05, 4.69) is 23.2 Å². The Morgan fingerprint density at radius 3 is 2.58 bits per heavy atom. The lowest BCUT2D eigenvalue weighted by Gasteiger charge is -2.35. The second-order valence-electron chi connectivity index (χ2n) is 4.98. The van der Waals surface area contributed by atoms with E-state index in [4.69, 9.17) is 0 Å². The fourth-order valence-corrected chi connectivity index (χ4v) is 2.73. The van der Waals surface area contributed by atoms with Gasteiger partial charge in [-0.1, -0.05) is 54.6 Å². The van der Waals surface area contributed by atoms with Gasteiger partial charge in [0.1, 0.15) is 0 Å². The van der Waals surface area contributed by atoms with Gasteiger partial charge in [-0.3, -0.25) is 0 Å². The van der Waals surface area contributed by atoms with Gasteiger partial charge < -0.3 is 10.1 Å². The van der Waals surface area contributed by atoms with Crippen LogP contribution < -0.4 is 0 Å². The maximum absolute atomic E-state index is 10.5. The number of aliphatic hydroxyl groups excluding tert-OH is 1. The van der Waals surface area contributed by atoms with E-state index in [1.807, 2.05) is 54.8 Å². The molecule has 0 fully saturated rings. The molecule has 0 bridgehead atoms. The van der Waals surface area contributed by atoms with Gasteiger partial charge in [-0.05, 0) is 24.1 Å². The van der Waals surface area contributed by atoms with Gasteiger partial charge in [0.15, 0.2) is 0 Å². The molecule has 19 heavy (non-hydrogen) atoms. The monoisotopic (exact) mass is 251 g/mol. The first-order valence-electron chi connectivity index (χ1n) is 6.53. The molecule has 0 radical (unpaired) electrons. The normalized spacial score (nSPS) is 25.6. The van der Waals surface area contributed by atoms with E-state index in [0.717, 1.165) is 12.1 Å². The Morgan fingerprint density at radius 2 is 1.89 bits per heavy atom. The van der Waals surface area contributed by atoms with Crippen LogP contribution in [0.5, 0.6) is 0 Å². The first-order valence-corrected chi connectivity index (χ1v) is 6.53. The number of hydrogen-bond donors (Lipinski definition) is 2. The molecule has 2 nitrogen and oxygen atoms in total. The molecule has 1 aromatic carbocycles. The highest BCUT2D eigenvalue weighted by Gasteiger charge is 2.38. The lowest BCUT2D eigenvalue weighted by Crippen LogP contribution is -2.40. The molecule has 96 valence electrons. The number of aromatic nitrogens is 1. The van der Waals surface area contributed by atoms with Crippen LogP contribution in [0.15, 0.2) is 73.0 Å². The zero-order valence-electron chi connectivity index (χ0n) is 10.7. The summed E-state index contributed by atoms with van der Waals surface area (Å²) in [4.78, 5) is 3.25. The average Bonchev–Trinajstić information content (AvgIpc) is 2.97. The molecule has 2 atom stereocenters. The summed E-state index contributed by atoms with van der Waals surface area (Å²) in [6.45, 7) is 0. The summed E-state index contributed by atoms with van der Waals surface area (Å²) in [7, 11) is 0. The Bertz CT molecular complexity index is 583. The van der Waals surface area contributed by atoms with Crippen LogP contribution in [0.4, 0.5) is 0 Å². The van der Waals surface area contributed by atoms with Crippen molar-refractivity contribution in [1.29, 1.82) is 0 Å². The average molecular weight is 251 g/mol. The Kier molecular flexibility index (Phi) is 3.10. The van der Waals surface area contributed by atoms with Crippen molar-refractivity contribution in [2.24, 2.45) is 0 Å². The number of benzene rings is 1. The molecule has 0 saturated heterocycles. The van der Waals surface area contributed by atoms with E-state index in [0.29, 0.717) is 0 Å². The van der Waals surface area contributed by atoms with Crippen LogP contribution >= 0.6 is 0 Å². The molecule has 2 aromatic rings. The van der Waals surface area contributed by atoms with E-state index in [9.17, 15) is 5.11 Å². The maximum atomic E-state index is 10.5. The molecule has 1 heterocycles. The molecule has 1 aromatic heterocycles. The summed E-state index contributed by atoms with van der Waals surface area (Å²) < 4.78 is 0. The Hall–Kier alpha value is -2.06. The molecule has 2 unspecified atom stereocenters. The van der Waals surface area contributed by atoms with Gasteiger partial charge in [0, 0.05) is 11.9 Å². The molecule has 2 heteroatoms. The van der Waals surface area contributed by atoms with Crippen LogP contribution in [-0.2, 0) is 11.8 Å². The fourth-order valence-electron chi connectivity index (χ4n) is 2.73. The fraction of sp³-hybridized carbons (Fsp3) is 0.176. The third-order valence-corrected chi connectivity index (χ3v) is 3.76. The minimum atomic E-state index is -0.517. The van der Waals surface area contributed by atoms with E-state index in [1.54, 1.807) is 0 Å². The number of aromatic amines is 1. The summed E-state index contributed by atoms with van der Waals surface area (Å²) in [5.41, 5.74) is 1.86. The van der Waals surface area contributed by atoms with Crippen molar-refractivity contribution in [3.05, 3.63) is 84.2 Å². The predicted molar refractivity (Wildman–Crippen MR) is 76.9 cm³/mol. The van der Waals surface area contributed by atoms with Crippen molar-refractivity contribution in [3.63, 3.8) is 0 Å². The number of aliphatic hydroxyl groups is 1. The maximum Gasteiger partial charge on any atom is 0.0873 e. The van der Waals surface area contributed by atoms with Gasteiger partial charge in [-0.2, -0.15) is 0 Å². The Morgan fingerprint density at radius 1 is 1.05 bits per heavy atom. The number of hydrogen-bond acceptors (Lipinski definition) is 1. The topological polar surface area (TPSA) is 36.0 Å². The minimum Gasteiger partial charge on any atom is -0.388 e. The summed E-state index contributed by atoms with van der Waals surface area (Å²) >= 11 is 0. The lowest BCUT2D eigenvalue weighted by molar-refractivity contribution is 0.146. The number of H-pyrrole nitrogens is 1. The van der Waals surface area contributed by atoms with Gasteiger partial charge in [0.2, 0.25) is 0 Å². The Labute approximate surface area is 113 Å². The van der Waals surface area contributed by atoms with Crippen LogP contribution in [-0.4, -0.2) is 16.2 Å². The van der Waals surface area contributed by atoms with Gasteiger partial charge in [0.05, 0.1) is 11.5 Å². The zero-order chi connectivity index (χ0) is 13.1. The Balaban J connectivity index is 2.03. The van der Waals surface area contributed by atoms with Crippen LogP contribution in [0.1, 0.15) is 11.3 Å². The number of allylic oxidation sites excluding steroid dienone is 2. The summed E-state index contributed by atoms with van der Waals surface area (Å²) in [5.74, 6) is 0. The van der Waals surface area contributed by atoms with Crippen molar-refractivity contribution < 1.29 is 5.11 Å². The predicted octanol–water partition coefficient (Wildman–Crippen LogP) is 2.98. The number of nitrogens with one attached hydrogen (secondary N) is 1. The first kappa shape index (κ1) is 12.0. The van der Waals surface area contributed by atoms with E-state index < -0.39 is 11.5 Å². The molecule has 1 aliphatic rings. The van der Waals surface area contributed by atoms with Crippen LogP contribution in [0, 0.1) is 0 Å². The van der Waals surface area contributed by atoms with E-state index in [1.165, 1.54) is 5.56 Å². The lowest BCUT2D eigenvalue weighted by atomic mass is 9.72. The second kappa shape index (κ2) is 4.90. The van der Waals surface area contributed by atoms with Crippen molar-refractivity contribution in [2.75, 3.05) is 0 Å². The molecule has 3 rings (SSSR count). The molecule has 0 aliphatic heterocycles. The molecular weight excluding hydrogens is 234 g/mol. The van der Waals surface area contributed by atoms with Gasteiger partial charge >= 0.3 is 0 Å². The molecular formula is C17H17NO. The molecule has 0 saturated carbocycles. The highest BCUT2D eigenvalue weighted by molar-refractivity contribution is 5.38. The van der Waals surface area contributed by atoms with E-state index >= 15 is 0 Å². The smallest absolute Gasteiger partial charge is 0.0873 e. The molecule has 0 spiro atoms. The molecule has 1 aliphatic carbocycles. The molecule has 2 N–H and O–H groups in total. The summed E-state index contributed by atoms with van der Waals surface area (Å²) in [6, 6.07) is 14.3. The standard InChI is InChI=1S/C17H17NO/c19-16-10-4-5-11-17(16,15-9-6-12-18-15)13-14-7-2-1-3-8-14/h1-12,16,18-19H,13H2. The van der Waals surface area contributed by atoms with Crippen molar-refractivity contribution >= 4 is 0 Å². The van der Waals surface area contributed by atoms with Crippen molar-refractivity contribution in [1.82, 2.24) is 4.98 Å². The van der Waals surface area contributed by atoms with Crippen LogP contribution in [0.2, 0.25) is 0 Å². The van der Waals surface area contributed by atoms with Gasteiger partial charge in [-0.15, -0.1) is 0 Å². The summed E-state index contributed by atoms with van der Waals surface area (Å²) in [6.07, 6.45) is 10.0. The number of rotatable bonds is 3. The van der Waals surface area contributed by atoms with Crippen LogP contribution in [0.25, 0.3) is 0 Å². The largest absolute Gasteiger partial charge is 0.388 e. The molecule has 0 amide bonds. The zero-order valence-corrected chi connectivity index (χ0v) is 10.7. The van der Waals surface area contributed by atoms with Gasteiger partial charge in [0.25, 0.3) is 0 Å². The van der Waals surface area contributed by atoms with Crippen LogP contribution in [0.3, 0.4) is 0 Å². The highest BCUT2D eigenvalue weighted by atomic mass is 16.3. The van der Waals surface area contributed by atoms with Gasteiger partial charge in [-0.25, -0.2) is 0 Å².